The minimum absolute atomic E-state index is 0.133. The number of aromatic nitrogens is 2. The largest absolute Gasteiger partial charge is 0.457 e. The van der Waals surface area contributed by atoms with E-state index in [0.29, 0.717) is 0 Å². The molecule has 0 fully saturated rings. The molecule has 8 rings (SSSR count). The lowest BCUT2D eigenvalue weighted by atomic mass is 10.1. The molecule has 7 aromatic rings. The zero-order valence-electron chi connectivity index (χ0n) is 24.8. The van der Waals surface area contributed by atoms with Crippen LogP contribution in [0.25, 0.3) is 27.6 Å². The number of hydrogen-bond acceptors (Lipinski definition) is 4. The fourth-order valence-corrected chi connectivity index (χ4v) is 6.71. The minimum atomic E-state index is 0.133. The van der Waals surface area contributed by atoms with Crippen LogP contribution in [0.5, 0.6) is 11.5 Å². The number of pyridine rings is 1. The van der Waals surface area contributed by atoms with Gasteiger partial charge in [-0.15, -0.1) is 0 Å². The first-order chi connectivity index (χ1) is 21.7. The maximum Gasteiger partial charge on any atom is 0.137 e. The van der Waals surface area contributed by atoms with E-state index >= 15 is 0 Å². The van der Waals surface area contributed by atoms with Gasteiger partial charge < -0.3 is 14.5 Å². The van der Waals surface area contributed by atoms with E-state index in [1.54, 1.807) is 0 Å². The molecule has 214 valence electrons. The summed E-state index contributed by atoms with van der Waals surface area (Å²) in [7, 11) is 0. The Morgan fingerprint density at radius 1 is 0.636 bits per heavy atom. The number of nitrogens with zero attached hydrogens (tertiary/aromatic N) is 4. The van der Waals surface area contributed by atoms with Crippen LogP contribution < -0.4 is 14.5 Å². The lowest BCUT2D eigenvalue weighted by molar-refractivity contribution is 0.479. The number of hydrogen-bond donors (Lipinski definition) is 0. The monoisotopic (exact) mass is 572 g/mol. The Morgan fingerprint density at radius 3 is 2.14 bits per heavy atom. The van der Waals surface area contributed by atoms with Gasteiger partial charge in [-0.2, -0.15) is 0 Å². The van der Waals surface area contributed by atoms with Crippen molar-refractivity contribution in [1.29, 1.82) is 0 Å². The Hall–Kier alpha value is -5.55. The topological polar surface area (TPSA) is 33.5 Å². The molecule has 5 aromatic carbocycles. The average molecular weight is 573 g/mol. The van der Waals surface area contributed by atoms with Gasteiger partial charge in [-0.1, -0.05) is 67.6 Å². The Kier molecular flexibility index (Phi) is 6.30. The molecule has 0 bridgehead atoms. The zero-order valence-corrected chi connectivity index (χ0v) is 24.8. The van der Waals surface area contributed by atoms with Crippen LogP contribution >= 0.6 is 0 Å². The summed E-state index contributed by atoms with van der Waals surface area (Å²) in [5.74, 6) is 2.51. The minimum Gasteiger partial charge on any atom is -0.457 e. The van der Waals surface area contributed by atoms with Gasteiger partial charge in [-0.3, -0.25) is 4.57 Å². The fourth-order valence-electron chi connectivity index (χ4n) is 6.71. The molecular weight excluding hydrogens is 540 g/mol. The summed E-state index contributed by atoms with van der Waals surface area (Å²) < 4.78 is 8.91. The third-order valence-corrected chi connectivity index (χ3v) is 8.66. The second-order valence-corrected chi connectivity index (χ2v) is 11.2. The molecule has 0 amide bonds. The highest BCUT2D eigenvalue weighted by molar-refractivity contribution is 6.09. The summed E-state index contributed by atoms with van der Waals surface area (Å²) in [5, 5.41) is 2.36. The van der Waals surface area contributed by atoms with Crippen LogP contribution in [0.4, 0.5) is 22.7 Å². The third kappa shape index (κ3) is 4.12. The summed E-state index contributed by atoms with van der Waals surface area (Å²) in [6, 6.07) is 46.6. The average Bonchev–Trinajstić information content (AvgIpc) is 3.59. The van der Waals surface area contributed by atoms with Crippen molar-refractivity contribution < 1.29 is 4.74 Å². The molecule has 1 atom stereocenters. The highest BCUT2D eigenvalue weighted by Crippen LogP contribution is 2.50. The van der Waals surface area contributed by atoms with Crippen molar-refractivity contribution in [1.82, 2.24) is 9.55 Å². The highest BCUT2D eigenvalue weighted by Gasteiger charge is 2.37. The van der Waals surface area contributed by atoms with Crippen molar-refractivity contribution in [3.05, 3.63) is 145 Å². The molecular formula is C39H32N4O. The van der Waals surface area contributed by atoms with Gasteiger partial charge in [0.2, 0.25) is 0 Å². The number of ether oxygens (including phenoxy) is 1. The number of rotatable bonds is 6. The van der Waals surface area contributed by atoms with E-state index in [2.05, 4.69) is 148 Å². The van der Waals surface area contributed by atoms with E-state index in [1.807, 2.05) is 24.4 Å². The predicted molar refractivity (Wildman–Crippen MR) is 181 cm³/mol. The van der Waals surface area contributed by atoms with Gasteiger partial charge in [0.05, 0.1) is 22.4 Å². The summed E-state index contributed by atoms with van der Waals surface area (Å²) in [6.45, 7) is 4.42. The van der Waals surface area contributed by atoms with Crippen LogP contribution in [0.15, 0.2) is 140 Å². The molecule has 44 heavy (non-hydrogen) atoms. The molecule has 0 aliphatic carbocycles. The maximum atomic E-state index is 6.70. The van der Waals surface area contributed by atoms with Crippen molar-refractivity contribution in [3.63, 3.8) is 0 Å². The molecule has 0 saturated carbocycles. The van der Waals surface area contributed by atoms with Gasteiger partial charge in [0.25, 0.3) is 0 Å². The predicted octanol–water partition coefficient (Wildman–Crippen LogP) is 10.3. The maximum absolute atomic E-state index is 6.70. The second kappa shape index (κ2) is 10.6. The SMILES string of the molecule is CCC1N(c2ccccc2)c2ccccc2N1c1cccc(Oc2ccc3c4ccccc4n(-c4ccccn4)c3c2)c1C. The van der Waals surface area contributed by atoms with Crippen molar-refractivity contribution in [2.75, 3.05) is 9.80 Å². The van der Waals surface area contributed by atoms with E-state index in [0.717, 1.165) is 46.0 Å². The molecule has 0 radical (unpaired) electrons. The quantitative estimate of drug-likeness (QED) is 0.198. The van der Waals surface area contributed by atoms with Crippen LogP contribution in [0.3, 0.4) is 0 Å². The van der Waals surface area contributed by atoms with Crippen molar-refractivity contribution in [2.24, 2.45) is 0 Å². The van der Waals surface area contributed by atoms with E-state index in [9.17, 15) is 0 Å². The number of para-hydroxylation sites is 4. The first-order valence-electron chi connectivity index (χ1n) is 15.2. The van der Waals surface area contributed by atoms with Crippen LogP contribution in [-0.4, -0.2) is 15.7 Å². The smallest absolute Gasteiger partial charge is 0.137 e. The van der Waals surface area contributed by atoms with Gasteiger partial charge in [0.15, 0.2) is 0 Å². The fraction of sp³-hybridized carbons (Fsp3) is 0.103. The zero-order chi connectivity index (χ0) is 29.6. The van der Waals surface area contributed by atoms with Crippen molar-refractivity contribution >= 4 is 44.6 Å². The Balaban J connectivity index is 1.21. The van der Waals surface area contributed by atoms with Gasteiger partial charge in [-0.25, -0.2) is 4.98 Å². The van der Waals surface area contributed by atoms with E-state index < -0.39 is 0 Å². The highest BCUT2D eigenvalue weighted by atomic mass is 16.5. The van der Waals surface area contributed by atoms with Crippen LogP contribution in [0.2, 0.25) is 0 Å². The van der Waals surface area contributed by atoms with Crippen molar-refractivity contribution in [3.8, 4) is 17.3 Å². The molecule has 0 spiro atoms. The second-order valence-electron chi connectivity index (χ2n) is 11.2. The number of anilines is 4. The summed E-state index contributed by atoms with van der Waals surface area (Å²) in [5.41, 5.74) is 8.03. The summed E-state index contributed by atoms with van der Waals surface area (Å²) in [4.78, 5) is 9.60. The normalized spacial score (nSPS) is 14.4. The molecule has 1 unspecified atom stereocenters. The molecule has 5 nitrogen and oxygen atoms in total. The molecule has 1 aliphatic heterocycles. The van der Waals surface area contributed by atoms with Crippen LogP contribution in [0.1, 0.15) is 18.9 Å². The Morgan fingerprint density at radius 2 is 1.34 bits per heavy atom. The first kappa shape index (κ1) is 26.1. The number of benzene rings is 5. The first-order valence-corrected chi connectivity index (χ1v) is 15.2. The van der Waals surface area contributed by atoms with E-state index in [-0.39, 0.29) is 6.17 Å². The Labute approximate surface area is 257 Å². The third-order valence-electron chi connectivity index (χ3n) is 8.66. The Bertz CT molecular complexity index is 2120. The van der Waals surface area contributed by atoms with Gasteiger partial charge in [0, 0.05) is 40.0 Å². The van der Waals surface area contributed by atoms with Crippen LogP contribution in [0, 0.1) is 6.92 Å². The molecule has 1 aliphatic rings. The van der Waals surface area contributed by atoms with Gasteiger partial charge in [0.1, 0.15) is 23.5 Å². The summed E-state index contributed by atoms with van der Waals surface area (Å²) >= 11 is 0. The lowest BCUT2D eigenvalue weighted by Crippen LogP contribution is -2.37. The molecule has 2 aromatic heterocycles. The van der Waals surface area contributed by atoms with Gasteiger partial charge >= 0.3 is 0 Å². The standard InChI is InChI=1S/C39H32N4O/c1-3-39-41(28-14-5-4-6-15-28)34-18-9-10-19-35(34)43(39)32-20-13-21-37(27(32)2)44-29-23-24-31-30-16-7-8-17-33(30)42(36(31)26-29)38-22-11-12-25-40-38/h4-26,39H,3H2,1-2H3. The van der Waals surface area contributed by atoms with Crippen molar-refractivity contribution in [2.45, 2.75) is 26.4 Å². The molecule has 5 heteroatoms. The van der Waals surface area contributed by atoms with E-state index in [4.69, 9.17) is 4.74 Å². The molecule has 0 N–H and O–H groups in total. The van der Waals surface area contributed by atoms with E-state index in [1.165, 1.54) is 27.8 Å². The molecule has 3 heterocycles. The van der Waals surface area contributed by atoms with Crippen LogP contribution in [-0.2, 0) is 0 Å². The summed E-state index contributed by atoms with van der Waals surface area (Å²) in [6.07, 6.45) is 2.92. The molecule has 0 saturated heterocycles. The lowest BCUT2D eigenvalue weighted by Gasteiger charge is -2.33. The van der Waals surface area contributed by atoms with Gasteiger partial charge in [-0.05, 0) is 80.1 Å². The number of fused-ring (bicyclic) bond motifs is 4.